The second-order valence-corrected chi connectivity index (χ2v) is 4.61. The first-order chi connectivity index (χ1) is 8.15. The molecule has 1 aromatic rings. The third-order valence-electron chi connectivity index (χ3n) is 3.00. The van der Waals surface area contributed by atoms with Crippen molar-refractivity contribution in [2.75, 3.05) is 13.2 Å². The highest BCUT2D eigenvalue weighted by Crippen LogP contribution is 2.42. The summed E-state index contributed by atoms with van der Waals surface area (Å²) in [4.78, 5) is 10.6. The average molecular weight is 255 g/mol. The molecule has 0 spiro atoms. The van der Waals surface area contributed by atoms with Crippen LogP contribution >= 0.6 is 11.6 Å². The van der Waals surface area contributed by atoms with Crippen LogP contribution in [0.1, 0.15) is 30.4 Å². The quantitative estimate of drug-likeness (QED) is 0.778. The molecule has 92 valence electrons. The van der Waals surface area contributed by atoms with Crippen molar-refractivity contribution in [3.8, 4) is 11.5 Å². The van der Waals surface area contributed by atoms with Crippen LogP contribution in [0.3, 0.4) is 0 Å². The first-order valence-electron chi connectivity index (χ1n) is 5.67. The zero-order valence-corrected chi connectivity index (χ0v) is 10.7. The molecule has 0 amide bonds. The molecule has 1 unspecified atom stereocenters. The van der Waals surface area contributed by atoms with Gasteiger partial charge in [-0.15, -0.1) is 0 Å². The molecule has 0 radical (unpaired) electrons. The summed E-state index contributed by atoms with van der Waals surface area (Å²) in [5.41, 5.74) is 1.83. The van der Waals surface area contributed by atoms with E-state index in [2.05, 4.69) is 0 Å². The van der Waals surface area contributed by atoms with Crippen LogP contribution < -0.4 is 9.47 Å². The molecule has 0 aromatic heterocycles. The number of ether oxygens (including phenoxy) is 2. The minimum Gasteiger partial charge on any atom is -0.486 e. The number of fused-ring (bicyclic) bond motifs is 1. The maximum atomic E-state index is 10.6. The molecule has 0 saturated heterocycles. The van der Waals surface area contributed by atoms with Gasteiger partial charge in [-0.05, 0) is 24.5 Å². The predicted octanol–water partition coefficient (Wildman–Crippen LogP) is 3.11. The zero-order valence-electron chi connectivity index (χ0n) is 9.96. The van der Waals surface area contributed by atoms with Crippen molar-refractivity contribution in [2.45, 2.75) is 26.2 Å². The van der Waals surface area contributed by atoms with Gasteiger partial charge in [0.25, 0.3) is 0 Å². The largest absolute Gasteiger partial charge is 0.486 e. The highest BCUT2D eigenvalue weighted by molar-refractivity contribution is 6.32. The fraction of sp³-hybridized carbons (Fsp3) is 0.462. The molecule has 4 heteroatoms. The van der Waals surface area contributed by atoms with Crippen LogP contribution in [0, 0.1) is 6.92 Å². The van der Waals surface area contributed by atoms with Gasteiger partial charge in [-0.1, -0.05) is 18.5 Å². The minimum absolute atomic E-state index is 0.0922. The molecule has 0 fully saturated rings. The van der Waals surface area contributed by atoms with Crippen LogP contribution in [0.5, 0.6) is 11.5 Å². The Morgan fingerprint density at radius 3 is 2.88 bits per heavy atom. The number of carbonyl (C=O) groups excluding carboxylic acids is 1. The molecule has 0 N–H and O–H groups in total. The Morgan fingerprint density at radius 1 is 1.47 bits per heavy atom. The van der Waals surface area contributed by atoms with E-state index < -0.39 is 0 Å². The third-order valence-corrected chi connectivity index (χ3v) is 3.50. The Morgan fingerprint density at radius 2 is 2.18 bits per heavy atom. The second kappa shape index (κ2) is 4.96. The molecule has 0 aliphatic carbocycles. The van der Waals surface area contributed by atoms with Crippen molar-refractivity contribution >= 4 is 17.9 Å². The summed E-state index contributed by atoms with van der Waals surface area (Å²) >= 11 is 6.31. The Balaban J connectivity index is 2.47. The maximum Gasteiger partial charge on any atom is 0.165 e. The van der Waals surface area contributed by atoms with Gasteiger partial charge in [-0.2, -0.15) is 0 Å². The van der Waals surface area contributed by atoms with Gasteiger partial charge in [0.1, 0.15) is 19.5 Å². The molecular weight excluding hydrogens is 240 g/mol. The van der Waals surface area contributed by atoms with E-state index in [1.165, 1.54) is 0 Å². The smallest absolute Gasteiger partial charge is 0.165 e. The monoisotopic (exact) mass is 254 g/mol. The Kier molecular flexibility index (Phi) is 3.57. The van der Waals surface area contributed by atoms with Crippen LogP contribution in [0.25, 0.3) is 0 Å². The van der Waals surface area contributed by atoms with Crippen LogP contribution in [0.4, 0.5) is 0 Å². The lowest BCUT2D eigenvalue weighted by Gasteiger charge is -2.23. The van der Waals surface area contributed by atoms with E-state index in [-0.39, 0.29) is 5.92 Å². The molecule has 1 aliphatic heterocycles. The second-order valence-electron chi connectivity index (χ2n) is 4.23. The number of benzene rings is 1. The Bertz CT molecular complexity index is 443. The predicted molar refractivity (Wildman–Crippen MR) is 66.3 cm³/mol. The van der Waals surface area contributed by atoms with Gasteiger partial charge in [-0.3, -0.25) is 0 Å². The number of hydrogen-bond donors (Lipinski definition) is 0. The van der Waals surface area contributed by atoms with E-state index in [1.807, 2.05) is 19.9 Å². The van der Waals surface area contributed by atoms with E-state index in [0.29, 0.717) is 24.7 Å². The first kappa shape index (κ1) is 12.2. The summed E-state index contributed by atoms with van der Waals surface area (Å²) in [6, 6.07) is 1.89. The highest BCUT2D eigenvalue weighted by Gasteiger charge is 2.21. The number of hydrogen-bond acceptors (Lipinski definition) is 3. The topological polar surface area (TPSA) is 35.5 Å². The molecule has 17 heavy (non-hydrogen) atoms. The molecule has 1 heterocycles. The van der Waals surface area contributed by atoms with Crippen molar-refractivity contribution in [3.05, 3.63) is 22.2 Å². The molecule has 0 saturated carbocycles. The first-order valence-corrected chi connectivity index (χ1v) is 6.05. The molecule has 2 rings (SSSR count). The van der Waals surface area contributed by atoms with Crippen molar-refractivity contribution in [3.63, 3.8) is 0 Å². The molecule has 0 bridgehead atoms. The van der Waals surface area contributed by atoms with Gasteiger partial charge < -0.3 is 14.3 Å². The van der Waals surface area contributed by atoms with E-state index in [0.717, 1.165) is 28.9 Å². The number of rotatable bonds is 3. The van der Waals surface area contributed by atoms with Crippen LogP contribution in [0.15, 0.2) is 6.07 Å². The van der Waals surface area contributed by atoms with E-state index >= 15 is 0 Å². The van der Waals surface area contributed by atoms with Gasteiger partial charge in [0.15, 0.2) is 11.5 Å². The maximum absolute atomic E-state index is 10.6. The van der Waals surface area contributed by atoms with E-state index in [4.69, 9.17) is 21.1 Å². The lowest BCUT2D eigenvalue weighted by atomic mass is 9.95. The zero-order chi connectivity index (χ0) is 12.4. The number of carbonyl (C=O) groups is 1. The summed E-state index contributed by atoms with van der Waals surface area (Å²) in [7, 11) is 0. The van der Waals surface area contributed by atoms with Crippen molar-refractivity contribution in [1.29, 1.82) is 0 Å². The van der Waals surface area contributed by atoms with E-state index in [1.54, 1.807) is 0 Å². The van der Waals surface area contributed by atoms with Crippen molar-refractivity contribution < 1.29 is 14.3 Å². The summed E-state index contributed by atoms with van der Waals surface area (Å²) in [5.74, 6) is 1.55. The molecule has 1 aliphatic rings. The fourth-order valence-electron chi connectivity index (χ4n) is 1.98. The summed E-state index contributed by atoms with van der Waals surface area (Å²) in [6.45, 7) is 4.99. The number of aldehydes is 1. The molecule has 1 aromatic carbocycles. The summed E-state index contributed by atoms with van der Waals surface area (Å²) in [6.07, 6.45) is 1.37. The van der Waals surface area contributed by atoms with Crippen molar-refractivity contribution in [1.82, 2.24) is 0 Å². The normalized spacial score (nSPS) is 15.5. The van der Waals surface area contributed by atoms with Gasteiger partial charge in [0.05, 0.1) is 5.02 Å². The van der Waals surface area contributed by atoms with Crippen LogP contribution in [0.2, 0.25) is 5.02 Å². The van der Waals surface area contributed by atoms with Crippen molar-refractivity contribution in [2.24, 2.45) is 0 Å². The highest BCUT2D eigenvalue weighted by atomic mass is 35.5. The standard InChI is InChI=1S/C13H15ClO3/c1-8(3-4-15)10-7-11-13(9(2)12(10)14)17-6-5-16-11/h4,7-8H,3,5-6H2,1-2H3. The third kappa shape index (κ3) is 2.25. The SMILES string of the molecule is Cc1c(Cl)c(C(C)CC=O)cc2c1OCCO2. The molecule has 1 atom stereocenters. The average Bonchev–Trinajstić information content (AvgIpc) is 2.34. The minimum atomic E-state index is 0.0922. The molecule has 3 nitrogen and oxygen atoms in total. The van der Waals surface area contributed by atoms with Gasteiger partial charge in [0.2, 0.25) is 0 Å². The summed E-state index contributed by atoms with van der Waals surface area (Å²) < 4.78 is 11.1. The van der Waals surface area contributed by atoms with Gasteiger partial charge in [0, 0.05) is 12.0 Å². The van der Waals surface area contributed by atoms with Crippen LogP contribution in [-0.4, -0.2) is 19.5 Å². The molecular formula is C13H15ClO3. The Hall–Kier alpha value is -1.22. The summed E-state index contributed by atoms with van der Waals surface area (Å²) in [5, 5.41) is 0.670. The van der Waals surface area contributed by atoms with Crippen LogP contribution in [-0.2, 0) is 4.79 Å². The number of halogens is 1. The van der Waals surface area contributed by atoms with E-state index in [9.17, 15) is 4.79 Å². The van der Waals surface area contributed by atoms with Gasteiger partial charge in [-0.25, -0.2) is 0 Å². The van der Waals surface area contributed by atoms with Gasteiger partial charge >= 0.3 is 0 Å². The lowest BCUT2D eigenvalue weighted by molar-refractivity contribution is -0.108. The fourth-order valence-corrected chi connectivity index (χ4v) is 2.31. The Labute approximate surface area is 106 Å². The lowest BCUT2D eigenvalue weighted by Crippen LogP contribution is -2.17.